The number of carbonyl (C=O) groups excluding carboxylic acids is 1. The van der Waals surface area contributed by atoms with Gasteiger partial charge in [-0.25, -0.2) is 0 Å². The molecule has 0 saturated heterocycles. The van der Waals surface area contributed by atoms with Crippen molar-refractivity contribution >= 4 is 5.91 Å². The molecule has 0 radical (unpaired) electrons. The quantitative estimate of drug-likeness (QED) is 0.790. The third-order valence-corrected chi connectivity index (χ3v) is 2.17. The number of rotatable bonds is 4. The molecule has 0 aliphatic carbocycles. The first kappa shape index (κ1) is 11.8. The Hall–Kier alpha value is -1.29. The van der Waals surface area contributed by atoms with Gasteiger partial charge in [0, 0.05) is 17.6 Å². The number of hydrogen-bond donors (Lipinski definition) is 2. The standard InChI is InChI=1S/C11H18N2O2/c1-7-4-5-15-10(7)11(14)13-9(3)6-8(2)12/h4-5,8-9H,6,12H2,1-3H3,(H,13,14). The molecular weight excluding hydrogens is 192 g/mol. The fourth-order valence-electron chi connectivity index (χ4n) is 1.51. The number of carbonyl (C=O) groups is 1. The zero-order chi connectivity index (χ0) is 11.4. The van der Waals surface area contributed by atoms with Crippen molar-refractivity contribution in [2.75, 3.05) is 0 Å². The van der Waals surface area contributed by atoms with E-state index in [9.17, 15) is 4.79 Å². The minimum atomic E-state index is -0.175. The molecule has 4 heteroatoms. The lowest BCUT2D eigenvalue weighted by Gasteiger charge is -2.15. The summed E-state index contributed by atoms with van der Waals surface area (Å²) in [5.41, 5.74) is 6.49. The molecule has 2 atom stereocenters. The van der Waals surface area contributed by atoms with E-state index in [-0.39, 0.29) is 18.0 Å². The van der Waals surface area contributed by atoms with Crippen molar-refractivity contribution in [3.63, 3.8) is 0 Å². The monoisotopic (exact) mass is 210 g/mol. The van der Waals surface area contributed by atoms with E-state index < -0.39 is 0 Å². The summed E-state index contributed by atoms with van der Waals surface area (Å²) >= 11 is 0. The van der Waals surface area contributed by atoms with Gasteiger partial charge in [0.1, 0.15) is 0 Å². The van der Waals surface area contributed by atoms with Crippen molar-refractivity contribution in [2.24, 2.45) is 5.73 Å². The van der Waals surface area contributed by atoms with Gasteiger partial charge in [-0.3, -0.25) is 4.79 Å². The molecule has 0 saturated carbocycles. The molecule has 0 aromatic carbocycles. The highest BCUT2D eigenvalue weighted by Gasteiger charge is 2.15. The second-order valence-corrected chi connectivity index (χ2v) is 4.02. The van der Waals surface area contributed by atoms with Gasteiger partial charge in [-0.05, 0) is 33.3 Å². The van der Waals surface area contributed by atoms with Gasteiger partial charge >= 0.3 is 0 Å². The lowest BCUT2D eigenvalue weighted by atomic mass is 10.1. The normalized spacial score (nSPS) is 14.7. The molecule has 4 nitrogen and oxygen atoms in total. The topological polar surface area (TPSA) is 68.3 Å². The Morgan fingerprint density at radius 3 is 2.73 bits per heavy atom. The van der Waals surface area contributed by atoms with Crippen molar-refractivity contribution in [2.45, 2.75) is 39.3 Å². The van der Waals surface area contributed by atoms with Crippen molar-refractivity contribution in [3.8, 4) is 0 Å². The highest BCUT2D eigenvalue weighted by Crippen LogP contribution is 2.09. The van der Waals surface area contributed by atoms with Crippen LogP contribution in [0.5, 0.6) is 0 Å². The van der Waals surface area contributed by atoms with Crippen LogP contribution in [0, 0.1) is 6.92 Å². The SMILES string of the molecule is Cc1ccoc1C(=O)NC(C)CC(C)N. The molecule has 2 unspecified atom stereocenters. The first-order chi connectivity index (χ1) is 7.00. The predicted octanol–water partition coefficient (Wildman–Crippen LogP) is 1.44. The third kappa shape index (κ3) is 3.40. The van der Waals surface area contributed by atoms with Crippen LogP contribution in [-0.2, 0) is 0 Å². The largest absolute Gasteiger partial charge is 0.459 e. The molecule has 15 heavy (non-hydrogen) atoms. The van der Waals surface area contributed by atoms with Gasteiger partial charge in [-0.1, -0.05) is 0 Å². The van der Waals surface area contributed by atoms with Crippen LogP contribution < -0.4 is 11.1 Å². The second-order valence-electron chi connectivity index (χ2n) is 4.02. The van der Waals surface area contributed by atoms with Crippen molar-refractivity contribution in [1.82, 2.24) is 5.32 Å². The van der Waals surface area contributed by atoms with Crippen molar-refractivity contribution in [1.29, 1.82) is 0 Å². The molecule has 0 aliphatic rings. The van der Waals surface area contributed by atoms with E-state index >= 15 is 0 Å². The molecule has 3 N–H and O–H groups in total. The van der Waals surface area contributed by atoms with E-state index in [1.165, 1.54) is 6.26 Å². The van der Waals surface area contributed by atoms with E-state index in [1.54, 1.807) is 6.07 Å². The molecule has 0 fully saturated rings. The summed E-state index contributed by atoms with van der Waals surface area (Å²) in [6.45, 7) is 5.69. The maximum Gasteiger partial charge on any atom is 0.287 e. The van der Waals surface area contributed by atoms with Gasteiger partial charge in [0.2, 0.25) is 0 Å². The lowest BCUT2D eigenvalue weighted by molar-refractivity contribution is 0.0908. The highest BCUT2D eigenvalue weighted by molar-refractivity contribution is 5.92. The Kier molecular flexibility index (Phi) is 3.91. The molecule has 1 amide bonds. The van der Waals surface area contributed by atoms with Crippen molar-refractivity contribution in [3.05, 3.63) is 23.7 Å². The van der Waals surface area contributed by atoms with Gasteiger partial charge in [-0.2, -0.15) is 0 Å². The number of amides is 1. The van der Waals surface area contributed by atoms with Crippen LogP contribution in [0.25, 0.3) is 0 Å². The summed E-state index contributed by atoms with van der Waals surface area (Å²) in [6, 6.07) is 1.91. The lowest BCUT2D eigenvalue weighted by Crippen LogP contribution is -2.36. The van der Waals surface area contributed by atoms with E-state index in [0.717, 1.165) is 12.0 Å². The van der Waals surface area contributed by atoms with E-state index in [2.05, 4.69) is 5.32 Å². The molecular formula is C11H18N2O2. The zero-order valence-corrected chi connectivity index (χ0v) is 9.41. The van der Waals surface area contributed by atoms with Crippen LogP contribution in [-0.4, -0.2) is 18.0 Å². The molecule has 0 spiro atoms. The zero-order valence-electron chi connectivity index (χ0n) is 9.41. The van der Waals surface area contributed by atoms with Crippen LogP contribution in [0.15, 0.2) is 16.7 Å². The third-order valence-electron chi connectivity index (χ3n) is 2.17. The Bertz CT molecular complexity index is 331. The number of nitrogens with two attached hydrogens (primary N) is 1. The first-order valence-corrected chi connectivity index (χ1v) is 5.11. The highest BCUT2D eigenvalue weighted by atomic mass is 16.3. The maximum absolute atomic E-state index is 11.7. The molecule has 0 aliphatic heterocycles. The summed E-state index contributed by atoms with van der Waals surface area (Å²) in [5.74, 6) is 0.206. The van der Waals surface area contributed by atoms with Gasteiger partial charge in [0.15, 0.2) is 5.76 Å². The number of nitrogens with one attached hydrogen (secondary N) is 1. The average Bonchev–Trinajstić information content (AvgIpc) is 2.49. The minimum Gasteiger partial charge on any atom is -0.459 e. The molecule has 84 valence electrons. The molecule has 1 rings (SSSR count). The summed E-state index contributed by atoms with van der Waals surface area (Å²) in [4.78, 5) is 11.7. The van der Waals surface area contributed by atoms with E-state index in [1.807, 2.05) is 20.8 Å². The van der Waals surface area contributed by atoms with E-state index in [0.29, 0.717) is 5.76 Å². The van der Waals surface area contributed by atoms with E-state index in [4.69, 9.17) is 10.2 Å². The fraction of sp³-hybridized carbons (Fsp3) is 0.545. The Labute approximate surface area is 89.8 Å². The van der Waals surface area contributed by atoms with Gasteiger partial charge in [0.05, 0.1) is 6.26 Å². The molecule has 1 heterocycles. The van der Waals surface area contributed by atoms with Crippen LogP contribution in [0.3, 0.4) is 0 Å². The molecule has 0 bridgehead atoms. The summed E-state index contributed by atoms with van der Waals surface area (Å²) < 4.78 is 5.09. The maximum atomic E-state index is 11.7. The fourth-order valence-corrected chi connectivity index (χ4v) is 1.51. The van der Waals surface area contributed by atoms with Crippen LogP contribution in [0.1, 0.15) is 36.4 Å². The molecule has 1 aromatic rings. The Balaban J connectivity index is 2.53. The van der Waals surface area contributed by atoms with Crippen molar-refractivity contribution < 1.29 is 9.21 Å². The van der Waals surface area contributed by atoms with Crippen LogP contribution in [0.2, 0.25) is 0 Å². The summed E-state index contributed by atoms with van der Waals surface area (Å²) in [7, 11) is 0. The minimum absolute atomic E-state index is 0.0574. The first-order valence-electron chi connectivity index (χ1n) is 5.11. The summed E-state index contributed by atoms with van der Waals surface area (Å²) in [6.07, 6.45) is 2.27. The number of furan rings is 1. The second kappa shape index (κ2) is 4.98. The van der Waals surface area contributed by atoms with Gasteiger partial charge in [-0.15, -0.1) is 0 Å². The summed E-state index contributed by atoms with van der Waals surface area (Å²) in [5, 5.41) is 2.84. The average molecular weight is 210 g/mol. The van der Waals surface area contributed by atoms with Gasteiger partial charge in [0.25, 0.3) is 5.91 Å². The Morgan fingerprint density at radius 2 is 2.27 bits per heavy atom. The Morgan fingerprint density at radius 1 is 1.60 bits per heavy atom. The van der Waals surface area contributed by atoms with Gasteiger partial charge < -0.3 is 15.5 Å². The number of hydrogen-bond acceptors (Lipinski definition) is 3. The number of aryl methyl sites for hydroxylation is 1. The smallest absolute Gasteiger partial charge is 0.287 e. The molecule has 1 aromatic heterocycles. The predicted molar refractivity (Wildman–Crippen MR) is 58.6 cm³/mol. The van der Waals surface area contributed by atoms with Crippen LogP contribution >= 0.6 is 0 Å². The van der Waals surface area contributed by atoms with Crippen LogP contribution in [0.4, 0.5) is 0 Å².